The molecule has 0 aromatic heterocycles. The largest absolute Gasteiger partial charge is 0.282 e. The van der Waals surface area contributed by atoms with Crippen LogP contribution in [0.3, 0.4) is 0 Å². The number of carbonyl (C=O) groups excluding carboxylic acids is 3. The summed E-state index contributed by atoms with van der Waals surface area (Å²) in [6, 6.07) is 10.1. The summed E-state index contributed by atoms with van der Waals surface area (Å²) in [5, 5.41) is 14.0. The summed E-state index contributed by atoms with van der Waals surface area (Å²) < 4.78 is 0. The van der Waals surface area contributed by atoms with E-state index < -0.39 is 40.2 Å². The zero-order valence-corrected chi connectivity index (χ0v) is 18.6. The van der Waals surface area contributed by atoms with Gasteiger partial charge in [-0.1, -0.05) is 53.6 Å². The summed E-state index contributed by atoms with van der Waals surface area (Å²) in [6.07, 6.45) is 4.64. The minimum Gasteiger partial charge on any atom is -0.272 e. The third-order valence-electron chi connectivity index (χ3n) is 6.59. The number of fused-ring (bicyclic) bond motifs is 5. The molecule has 3 aliphatic rings. The molecule has 5 rings (SSSR count). The van der Waals surface area contributed by atoms with Crippen LogP contribution in [-0.4, -0.2) is 32.7 Å². The molecule has 2 aromatic rings. The molecule has 8 nitrogen and oxygen atoms in total. The normalized spacial score (nSPS) is 25.0. The van der Waals surface area contributed by atoms with Crippen LogP contribution in [0.1, 0.15) is 22.3 Å². The molecule has 10 heteroatoms. The van der Waals surface area contributed by atoms with Crippen molar-refractivity contribution in [2.24, 2.45) is 23.7 Å². The van der Waals surface area contributed by atoms with Crippen LogP contribution < -0.4 is 0 Å². The SMILES string of the molecule is O=C(c1ccccc1[N+](=O)[O-])N(Cc1ccc(Cl)cc1Cl)N1C(=O)[C@H]2[C@H](C1=O)[C@H]1C=C[C@H]2C1. The number of nitrogens with zero attached hydrogens (tertiary/aromatic N) is 3. The Hall–Kier alpha value is -3.23. The number of hydrogen-bond donors (Lipinski definition) is 0. The number of amides is 3. The quantitative estimate of drug-likeness (QED) is 0.272. The fourth-order valence-corrected chi connectivity index (χ4v) is 5.59. The van der Waals surface area contributed by atoms with Crippen LogP contribution in [0.5, 0.6) is 0 Å². The van der Waals surface area contributed by atoms with Crippen molar-refractivity contribution in [3.8, 4) is 0 Å². The van der Waals surface area contributed by atoms with Gasteiger partial charge in [-0.05, 0) is 42.0 Å². The summed E-state index contributed by atoms with van der Waals surface area (Å²) in [5.74, 6) is -2.95. The van der Waals surface area contributed by atoms with E-state index in [1.165, 1.54) is 30.3 Å². The zero-order valence-electron chi connectivity index (χ0n) is 17.1. The predicted octanol–water partition coefficient (Wildman–Crippen LogP) is 4.27. The highest BCUT2D eigenvalue weighted by molar-refractivity contribution is 6.35. The highest BCUT2D eigenvalue weighted by atomic mass is 35.5. The third kappa shape index (κ3) is 3.41. The second kappa shape index (κ2) is 7.97. The van der Waals surface area contributed by atoms with Gasteiger partial charge in [0.25, 0.3) is 23.4 Å². The zero-order chi connectivity index (χ0) is 23.4. The first-order chi connectivity index (χ1) is 15.8. The highest BCUT2D eigenvalue weighted by Crippen LogP contribution is 2.53. The molecule has 0 radical (unpaired) electrons. The smallest absolute Gasteiger partial charge is 0.272 e. The molecule has 1 saturated heterocycles. The Bertz CT molecular complexity index is 1220. The molecular weight excluding hydrogens is 469 g/mol. The average molecular weight is 486 g/mol. The van der Waals surface area contributed by atoms with E-state index in [0.717, 1.165) is 16.4 Å². The predicted molar refractivity (Wildman–Crippen MR) is 119 cm³/mol. The van der Waals surface area contributed by atoms with Gasteiger partial charge in [0.05, 0.1) is 23.3 Å². The van der Waals surface area contributed by atoms with Crippen molar-refractivity contribution in [2.45, 2.75) is 13.0 Å². The van der Waals surface area contributed by atoms with Crippen molar-refractivity contribution < 1.29 is 19.3 Å². The number of allylic oxidation sites excluding steroid dienone is 2. The third-order valence-corrected chi connectivity index (χ3v) is 7.18. The van der Waals surface area contributed by atoms with Crippen LogP contribution in [0, 0.1) is 33.8 Å². The van der Waals surface area contributed by atoms with Gasteiger partial charge in [-0.2, -0.15) is 5.01 Å². The second-order valence-electron chi connectivity index (χ2n) is 8.36. The maximum absolute atomic E-state index is 13.6. The summed E-state index contributed by atoms with van der Waals surface area (Å²) >= 11 is 12.3. The van der Waals surface area contributed by atoms with Gasteiger partial charge in [0.1, 0.15) is 5.56 Å². The number of carbonyl (C=O) groups is 3. The maximum atomic E-state index is 13.6. The lowest BCUT2D eigenvalue weighted by Crippen LogP contribution is -2.50. The summed E-state index contributed by atoms with van der Waals surface area (Å²) in [4.78, 5) is 51.3. The van der Waals surface area contributed by atoms with E-state index in [1.807, 2.05) is 12.2 Å². The van der Waals surface area contributed by atoms with Gasteiger partial charge in [0.2, 0.25) is 0 Å². The highest BCUT2D eigenvalue weighted by Gasteiger charge is 2.61. The molecule has 2 bridgehead atoms. The van der Waals surface area contributed by atoms with Crippen LogP contribution in [0.4, 0.5) is 5.69 Å². The van der Waals surface area contributed by atoms with Crippen molar-refractivity contribution in [3.05, 3.63) is 85.9 Å². The van der Waals surface area contributed by atoms with E-state index in [9.17, 15) is 24.5 Å². The molecule has 0 spiro atoms. The van der Waals surface area contributed by atoms with Crippen molar-refractivity contribution in [2.75, 3.05) is 0 Å². The lowest BCUT2D eigenvalue weighted by Gasteiger charge is -2.31. The van der Waals surface area contributed by atoms with Gasteiger partial charge in [-0.25, -0.2) is 5.01 Å². The molecule has 168 valence electrons. The topological polar surface area (TPSA) is 101 Å². The van der Waals surface area contributed by atoms with E-state index >= 15 is 0 Å². The van der Waals surface area contributed by atoms with Gasteiger partial charge in [0.15, 0.2) is 0 Å². The first-order valence-corrected chi connectivity index (χ1v) is 11.1. The number of hydrogen-bond acceptors (Lipinski definition) is 5. The number of halogens is 2. The van der Waals surface area contributed by atoms with Crippen LogP contribution in [0.15, 0.2) is 54.6 Å². The van der Waals surface area contributed by atoms with E-state index in [1.54, 1.807) is 12.1 Å². The minimum absolute atomic E-state index is 0.0522. The molecule has 2 aliphatic carbocycles. The molecule has 3 amide bonds. The molecule has 0 unspecified atom stereocenters. The number of imide groups is 1. The van der Waals surface area contributed by atoms with Crippen LogP contribution in [0.2, 0.25) is 10.0 Å². The first-order valence-electron chi connectivity index (χ1n) is 10.3. The number of benzene rings is 2. The lowest BCUT2D eigenvalue weighted by molar-refractivity contribution is -0.385. The average Bonchev–Trinajstić information content (AvgIpc) is 3.47. The van der Waals surface area contributed by atoms with Crippen molar-refractivity contribution in [1.29, 1.82) is 0 Å². The second-order valence-corrected chi connectivity index (χ2v) is 9.20. The number of rotatable bonds is 5. The van der Waals surface area contributed by atoms with Crippen molar-refractivity contribution in [3.63, 3.8) is 0 Å². The van der Waals surface area contributed by atoms with Crippen molar-refractivity contribution in [1.82, 2.24) is 10.0 Å². The molecular formula is C23H17Cl2N3O5. The molecule has 2 fully saturated rings. The van der Waals surface area contributed by atoms with Crippen molar-refractivity contribution >= 4 is 46.6 Å². The Morgan fingerprint density at radius 2 is 1.70 bits per heavy atom. The van der Waals surface area contributed by atoms with Crippen LogP contribution in [-0.2, 0) is 16.1 Å². The van der Waals surface area contributed by atoms with E-state index in [4.69, 9.17) is 23.2 Å². The van der Waals surface area contributed by atoms with Gasteiger partial charge in [-0.15, -0.1) is 0 Å². The fourth-order valence-electron chi connectivity index (χ4n) is 5.12. The number of hydrazine groups is 1. The summed E-state index contributed by atoms with van der Waals surface area (Å²) in [5.41, 5.74) is -0.214. The van der Waals surface area contributed by atoms with Crippen LogP contribution in [0.25, 0.3) is 0 Å². The molecule has 1 heterocycles. The van der Waals surface area contributed by atoms with Gasteiger partial charge >= 0.3 is 0 Å². The summed E-state index contributed by atoms with van der Waals surface area (Å²) in [7, 11) is 0. The van der Waals surface area contributed by atoms with E-state index in [-0.39, 0.29) is 29.0 Å². The molecule has 1 saturated carbocycles. The molecule has 2 aromatic carbocycles. The summed E-state index contributed by atoms with van der Waals surface area (Å²) in [6.45, 7) is -0.236. The molecule has 0 N–H and O–H groups in total. The van der Waals surface area contributed by atoms with Gasteiger partial charge in [0, 0.05) is 16.1 Å². The van der Waals surface area contributed by atoms with Gasteiger partial charge < -0.3 is 0 Å². The lowest BCUT2D eigenvalue weighted by atomic mass is 9.85. The molecule has 33 heavy (non-hydrogen) atoms. The Labute approximate surface area is 198 Å². The fraction of sp³-hybridized carbons (Fsp3) is 0.261. The monoisotopic (exact) mass is 485 g/mol. The number of para-hydroxylation sites is 1. The molecule has 4 atom stereocenters. The maximum Gasteiger partial charge on any atom is 0.282 e. The van der Waals surface area contributed by atoms with Gasteiger partial charge in [-0.3, -0.25) is 24.5 Å². The number of nitro benzene ring substituents is 1. The van der Waals surface area contributed by atoms with E-state index in [0.29, 0.717) is 10.6 Å². The van der Waals surface area contributed by atoms with E-state index in [2.05, 4.69) is 0 Å². The first kappa shape index (κ1) is 21.6. The molecule has 1 aliphatic heterocycles. The number of nitro groups is 1. The Balaban J connectivity index is 1.58. The Morgan fingerprint density at radius 3 is 2.30 bits per heavy atom. The minimum atomic E-state index is -0.838. The Morgan fingerprint density at radius 1 is 1.06 bits per heavy atom. The standard InChI is InChI=1S/C23H17Cl2N3O5/c24-15-8-7-14(17(25)10-15)11-26(21(29)16-3-1-2-4-18(16)28(32)33)27-22(30)19-12-5-6-13(9-12)20(19)23(27)31/h1-8,10,12-13,19-20H,9,11H2/t12-,13-,19+,20+/m0/s1. The Kier molecular flexibility index (Phi) is 5.22. The van der Waals surface area contributed by atoms with Crippen LogP contribution >= 0.6 is 23.2 Å².